The SMILES string of the molecule is Cc1ccc(NC(=O)CN2C(=O)[C@H]3CC=CC[C@@H]3C2=O)cc1C. The molecule has 1 fully saturated rings. The average Bonchev–Trinajstić information content (AvgIpc) is 2.76. The maximum absolute atomic E-state index is 12.3. The van der Waals surface area contributed by atoms with Crippen molar-refractivity contribution in [2.24, 2.45) is 11.8 Å². The average molecular weight is 312 g/mol. The normalized spacial score (nSPS) is 23.1. The Morgan fingerprint density at radius 3 is 2.26 bits per heavy atom. The summed E-state index contributed by atoms with van der Waals surface area (Å²) in [6.07, 6.45) is 5.05. The molecule has 1 saturated heterocycles. The molecule has 1 aliphatic carbocycles. The quantitative estimate of drug-likeness (QED) is 0.687. The summed E-state index contributed by atoms with van der Waals surface area (Å²) in [7, 11) is 0. The molecule has 0 saturated carbocycles. The number of fused-ring (bicyclic) bond motifs is 1. The van der Waals surface area contributed by atoms with Gasteiger partial charge in [-0.25, -0.2) is 0 Å². The number of imide groups is 1. The van der Waals surface area contributed by atoms with Crippen LogP contribution in [0.2, 0.25) is 0 Å². The third kappa shape index (κ3) is 2.91. The van der Waals surface area contributed by atoms with Crippen LogP contribution in [-0.4, -0.2) is 29.2 Å². The Labute approximate surface area is 135 Å². The van der Waals surface area contributed by atoms with Gasteiger partial charge in [-0.2, -0.15) is 0 Å². The summed E-state index contributed by atoms with van der Waals surface area (Å²) in [6.45, 7) is 3.76. The van der Waals surface area contributed by atoms with Gasteiger partial charge in [0.1, 0.15) is 6.54 Å². The molecule has 3 amide bonds. The van der Waals surface area contributed by atoms with E-state index in [2.05, 4.69) is 5.32 Å². The van der Waals surface area contributed by atoms with Crippen LogP contribution in [-0.2, 0) is 14.4 Å². The number of anilines is 1. The number of carbonyl (C=O) groups is 3. The first-order valence-electron chi connectivity index (χ1n) is 7.84. The minimum atomic E-state index is -0.346. The van der Waals surface area contributed by atoms with Crippen LogP contribution >= 0.6 is 0 Å². The molecule has 0 unspecified atom stereocenters. The number of amides is 3. The number of rotatable bonds is 3. The summed E-state index contributed by atoms with van der Waals surface area (Å²) in [4.78, 5) is 38.0. The van der Waals surface area contributed by atoms with E-state index < -0.39 is 0 Å². The molecule has 1 aromatic rings. The van der Waals surface area contributed by atoms with Crippen LogP contribution in [0.1, 0.15) is 24.0 Å². The molecule has 1 aliphatic heterocycles. The summed E-state index contributed by atoms with van der Waals surface area (Å²) in [6, 6.07) is 5.62. The van der Waals surface area contributed by atoms with Crippen molar-refractivity contribution in [2.75, 3.05) is 11.9 Å². The predicted octanol–water partition coefficient (Wildman–Crippen LogP) is 2.19. The standard InChI is InChI=1S/C18H20N2O3/c1-11-7-8-13(9-12(11)2)19-16(21)10-20-17(22)14-5-3-4-6-15(14)18(20)23/h3-4,7-9,14-15H,5-6,10H2,1-2H3,(H,19,21)/t14-,15-/m0/s1. The van der Waals surface area contributed by atoms with Gasteiger partial charge in [0.05, 0.1) is 11.8 Å². The van der Waals surface area contributed by atoms with Gasteiger partial charge in [-0.05, 0) is 49.9 Å². The predicted molar refractivity (Wildman–Crippen MR) is 86.6 cm³/mol. The Kier molecular flexibility index (Phi) is 4.03. The van der Waals surface area contributed by atoms with E-state index in [9.17, 15) is 14.4 Å². The van der Waals surface area contributed by atoms with Crippen molar-refractivity contribution >= 4 is 23.4 Å². The van der Waals surface area contributed by atoms with E-state index in [1.165, 1.54) is 0 Å². The lowest BCUT2D eigenvalue weighted by Gasteiger charge is -2.15. The van der Waals surface area contributed by atoms with E-state index in [0.29, 0.717) is 18.5 Å². The number of allylic oxidation sites excluding steroid dienone is 2. The molecule has 5 heteroatoms. The summed E-state index contributed by atoms with van der Waals surface area (Å²) < 4.78 is 0. The van der Waals surface area contributed by atoms with Crippen LogP contribution in [0.15, 0.2) is 30.4 Å². The van der Waals surface area contributed by atoms with Crippen LogP contribution in [0.4, 0.5) is 5.69 Å². The number of benzene rings is 1. The first kappa shape index (κ1) is 15.5. The van der Waals surface area contributed by atoms with Crippen molar-refractivity contribution in [1.82, 2.24) is 4.90 Å². The van der Waals surface area contributed by atoms with Crippen LogP contribution in [0.5, 0.6) is 0 Å². The first-order chi connectivity index (χ1) is 11.0. The molecule has 1 heterocycles. The van der Waals surface area contributed by atoms with Gasteiger partial charge in [0.2, 0.25) is 17.7 Å². The highest BCUT2D eigenvalue weighted by Crippen LogP contribution is 2.34. The Hall–Kier alpha value is -2.43. The zero-order valence-corrected chi connectivity index (χ0v) is 13.3. The molecular formula is C18H20N2O3. The van der Waals surface area contributed by atoms with Crippen LogP contribution in [0.25, 0.3) is 0 Å². The molecule has 1 N–H and O–H groups in total. The second-order valence-corrected chi connectivity index (χ2v) is 6.27. The molecule has 23 heavy (non-hydrogen) atoms. The number of nitrogens with one attached hydrogen (secondary N) is 1. The Bertz CT molecular complexity index is 682. The van der Waals surface area contributed by atoms with Gasteiger partial charge in [0, 0.05) is 5.69 Å². The van der Waals surface area contributed by atoms with Crippen molar-refractivity contribution in [3.05, 3.63) is 41.5 Å². The van der Waals surface area contributed by atoms with Gasteiger partial charge in [0.15, 0.2) is 0 Å². The largest absolute Gasteiger partial charge is 0.325 e. The molecule has 0 radical (unpaired) electrons. The first-order valence-corrected chi connectivity index (χ1v) is 7.84. The van der Waals surface area contributed by atoms with E-state index in [1.807, 2.05) is 44.2 Å². The summed E-state index contributed by atoms with van der Waals surface area (Å²) in [5.41, 5.74) is 2.90. The fourth-order valence-corrected chi connectivity index (χ4v) is 3.19. The molecule has 0 aromatic heterocycles. The van der Waals surface area contributed by atoms with Crippen molar-refractivity contribution in [3.8, 4) is 0 Å². The molecular weight excluding hydrogens is 292 g/mol. The molecule has 5 nitrogen and oxygen atoms in total. The summed E-state index contributed by atoms with van der Waals surface area (Å²) >= 11 is 0. The monoisotopic (exact) mass is 312 g/mol. The lowest BCUT2D eigenvalue weighted by Crippen LogP contribution is -2.38. The maximum atomic E-state index is 12.3. The number of aryl methyl sites for hydroxylation is 2. The van der Waals surface area contributed by atoms with Crippen LogP contribution in [0, 0.1) is 25.7 Å². The third-order valence-electron chi connectivity index (χ3n) is 4.69. The number of carbonyl (C=O) groups excluding carboxylic acids is 3. The fourth-order valence-electron chi connectivity index (χ4n) is 3.19. The van der Waals surface area contributed by atoms with Gasteiger partial charge in [-0.15, -0.1) is 0 Å². The second kappa shape index (κ2) is 5.99. The topological polar surface area (TPSA) is 66.5 Å². The van der Waals surface area contributed by atoms with Crippen molar-refractivity contribution in [2.45, 2.75) is 26.7 Å². The van der Waals surface area contributed by atoms with Crippen LogP contribution in [0.3, 0.4) is 0 Å². The van der Waals surface area contributed by atoms with E-state index >= 15 is 0 Å². The smallest absolute Gasteiger partial charge is 0.244 e. The van der Waals surface area contributed by atoms with E-state index in [0.717, 1.165) is 16.0 Å². The lowest BCUT2D eigenvalue weighted by molar-refractivity contribution is -0.142. The third-order valence-corrected chi connectivity index (χ3v) is 4.69. The number of nitrogens with zero attached hydrogens (tertiary/aromatic N) is 1. The number of likely N-dealkylation sites (tertiary alicyclic amines) is 1. The highest BCUT2D eigenvalue weighted by Gasteiger charge is 2.47. The van der Waals surface area contributed by atoms with Gasteiger partial charge < -0.3 is 5.32 Å². The van der Waals surface area contributed by atoms with E-state index in [-0.39, 0.29) is 36.1 Å². The Balaban J connectivity index is 1.67. The Morgan fingerprint density at radius 1 is 1.09 bits per heavy atom. The molecule has 2 aliphatic rings. The lowest BCUT2D eigenvalue weighted by atomic mass is 9.85. The van der Waals surface area contributed by atoms with Gasteiger partial charge >= 0.3 is 0 Å². The number of hydrogen-bond acceptors (Lipinski definition) is 3. The zero-order valence-electron chi connectivity index (χ0n) is 13.3. The van der Waals surface area contributed by atoms with Gasteiger partial charge in [0.25, 0.3) is 0 Å². The zero-order chi connectivity index (χ0) is 16.6. The van der Waals surface area contributed by atoms with Gasteiger partial charge in [-0.1, -0.05) is 18.2 Å². The minimum Gasteiger partial charge on any atom is -0.325 e. The van der Waals surface area contributed by atoms with Gasteiger partial charge in [-0.3, -0.25) is 19.3 Å². The maximum Gasteiger partial charge on any atom is 0.244 e. The molecule has 120 valence electrons. The highest BCUT2D eigenvalue weighted by molar-refractivity contribution is 6.08. The molecule has 0 spiro atoms. The fraction of sp³-hybridized carbons (Fsp3) is 0.389. The minimum absolute atomic E-state index is 0.211. The summed E-state index contributed by atoms with van der Waals surface area (Å²) in [5.74, 6) is -1.37. The van der Waals surface area contributed by atoms with E-state index in [4.69, 9.17) is 0 Å². The molecule has 1 aromatic carbocycles. The van der Waals surface area contributed by atoms with Crippen molar-refractivity contribution in [3.63, 3.8) is 0 Å². The second-order valence-electron chi connectivity index (χ2n) is 6.27. The van der Waals surface area contributed by atoms with Crippen molar-refractivity contribution < 1.29 is 14.4 Å². The highest BCUT2D eigenvalue weighted by atomic mass is 16.2. The van der Waals surface area contributed by atoms with Crippen molar-refractivity contribution in [1.29, 1.82) is 0 Å². The molecule has 0 bridgehead atoms. The number of hydrogen-bond donors (Lipinski definition) is 1. The van der Waals surface area contributed by atoms with Crippen LogP contribution < -0.4 is 5.32 Å². The van der Waals surface area contributed by atoms with E-state index in [1.54, 1.807) is 0 Å². The Morgan fingerprint density at radius 2 is 1.70 bits per heavy atom. The molecule has 2 atom stereocenters. The summed E-state index contributed by atoms with van der Waals surface area (Å²) in [5, 5.41) is 2.76. The molecule has 3 rings (SSSR count).